The van der Waals surface area contributed by atoms with Gasteiger partial charge in [-0.1, -0.05) is 11.6 Å². The van der Waals surface area contributed by atoms with Gasteiger partial charge in [0, 0.05) is 42.7 Å². The van der Waals surface area contributed by atoms with E-state index in [1.54, 1.807) is 7.05 Å². The van der Waals surface area contributed by atoms with E-state index in [-0.39, 0.29) is 28.7 Å². The monoisotopic (exact) mass is 314 g/mol. The molecule has 0 spiro atoms. The molecule has 0 fully saturated rings. The first-order chi connectivity index (χ1) is 9.85. The first-order valence-electron chi connectivity index (χ1n) is 6.12. The highest BCUT2D eigenvalue weighted by Crippen LogP contribution is 2.21. The first kappa shape index (κ1) is 16.9. The summed E-state index contributed by atoms with van der Waals surface area (Å²) in [6.07, 6.45) is 0.640. The SMILES string of the molecule is COC(=O)CCCN(C)C(=O)c1cc(Cl)cc([N+](=O)[O-])c1. The highest BCUT2D eigenvalue weighted by Gasteiger charge is 2.17. The van der Waals surface area contributed by atoms with E-state index in [2.05, 4.69) is 4.74 Å². The minimum absolute atomic E-state index is 0.121. The van der Waals surface area contributed by atoms with Crippen LogP contribution in [0.25, 0.3) is 0 Å². The van der Waals surface area contributed by atoms with E-state index in [4.69, 9.17) is 11.6 Å². The van der Waals surface area contributed by atoms with Crippen LogP contribution in [0.5, 0.6) is 0 Å². The molecule has 0 heterocycles. The number of amides is 1. The molecule has 1 aromatic carbocycles. The molecule has 0 aliphatic rings. The summed E-state index contributed by atoms with van der Waals surface area (Å²) in [5.74, 6) is -0.750. The van der Waals surface area contributed by atoms with Crippen LogP contribution in [-0.2, 0) is 9.53 Å². The van der Waals surface area contributed by atoms with Gasteiger partial charge in [0.15, 0.2) is 0 Å². The molecule has 8 heteroatoms. The van der Waals surface area contributed by atoms with Crippen molar-refractivity contribution < 1.29 is 19.2 Å². The van der Waals surface area contributed by atoms with Crippen molar-refractivity contribution in [2.24, 2.45) is 0 Å². The Balaban J connectivity index is 2.74. The summed E-state index contributed by atoms with van der Waals surface area (Å²) >= 11 is 5.77. The zero-order chi connectivity index (χ0) is 16.0. The van der Waals surface area contributed by atoms with Crippen LogP contribution in [0, 0.1) is 10.1 Å². The molecule has 0 aromatic heterocycles. The van der Waals surface area contributed by atoms with Crippen molar-refractivity contribution in [2.45, 2.75) is 12.8 Å². The zero-order valence-corrected chi connectivity index (χ0v) is 12.4. The molecule has 0 aliphatic heterocycles. The molecule has 1 aromatic rings. The van der Waals surface area contributed by atoms with Gasteiger partial charge in [-0.2, -0.15) is 0 Å². The number of rotatable bonds is 6. The molecule has 0 N–H and O–H groups in total. The molecule has 1 amide bonds. The summed E-state index contributed by atoms with van der Waals surface area (Å²) in [5.41, 5.74) is -0.108. The Hall–Kier alpha value is -2.15. The summed E-state index contributed by atoms with van der Waals surface area (Å²) < 4.78 is 4.50. The Morgan fingerprint density at radius 2 is 2.05 bits per heavy atom. The molecule has 0 aliphatic carbocycles. The van der Waals surface area contributed by atoms with Crippen LogP contribution in [0.1, 0.15) is 23.2 Å². The maximum atomic E-state index is 12.1. The van der Waals surface area contributed by atoms with E-state index < -0.39 is 10.8 Å². The molecule has 21 heavy (non-hydrogen) atoms. The highest BCUT2D eigenvalue weighted by molar-refractivity contribution is 6.31. The van der Waals surface area contributed by atoms with Crippen LogP contribution < -0.4 is 0 Å². The van der Waals surface area contributed by atoms with Crippen molar-refractivity contribution in [1.82, 2.24) is 4.90 Å². The van der Waals surface area contributed by atoms with Crippen LogP contribution in [0.3, 0.4) is 0 Å². The number of nitrogens with zero attached hydrogens (tertiary/aromatic N) is 2. The summed E-state index contributed by atoms with van der Waals surface area (Å²) in [4.78, 5) is 34.6. The number of hydrogen-bond donors (Lipinski definition) is 0. The largest absolute Gasteiger partial charge is 0.469 e. The van der Waals surface area contributed by atoms with Crippen molar-refractivity contribution in [3.63, 3.8) is 0 Å². The van der Waals surface area contributed by atoms with Gasteiger partial charge in [0.25, 0.3) is 11.6 Å². The number of esters is 1. The number of carbonyl (C=O) groups is 2. The van der Waals surface area contributed by atoms with Crippen LogP contribution in [-0.4, -0.2) is 42.4 Å². The molecule has 0 unspecified atom stereocenters. The first-order valence-corrected chi connectivity index (χ1v) is 6.50. The molecule has 0 saturated carbocycles. The number of benzene rings is 1. The fourth-order valence-electron chi connectivity index (χ4n) is 1.69. The van der Waals surface area contributed by atoms with Crippen molar-refractivity contribution in [2.75, 3.05) is 20.7 Å². The number of ether oxygens (including phenoxy) is 1. The van der Waals surface area contributed by atoms with Crippen molar-refractivity contribution in [3.05, 3.63) is 38.9 Å². The minimum atomic E-state index is -0.611. The van der Waals surface area contributed by atoms with Gasteiger partial charge in [-0.25, -0.2) is 0 Å². The Morgan fingerprint density at radius 3 is 2.62 bits per heavy atom. The van der Waals surface area contributed by atoms with E-state index in [9.17, 15) is 19.7 Å². The Morgan fingerprint density at radius 1 is 1.38 bits per heavy atom. The number of halogens is 1. The van der Waals surface area contributed by atoms with E-state index >= 15 is 0 Å². The molecular weight excluding hydrogens is 300 g/mol. The second-order valence-corrected chi connectivity index (χ2v) is 4.80. The summed E-state index contributed by atoms with van der Waals surface area (Å²) in [5, 5.41) is 10.9. The van der Waals surface area contributed by atoms with Gasteiger partial charge in [-0.05, 0) is 12.5 Å². The standard InChI is InChI=1S/C13H15ClN2O5/c1-15(5-3-4-12(17)21-2)13(18)9-6-10(14)8-11(7-9)16(19)20/h6-8H,3-5H2,1-2H3. The lowest BCUT2D eigenvalue weighted by molar-refractivity contribution is -0.384. The third-order valence-corrected chi connectivity index (χ3v) is 3.01. The predicted molar refractivity (Wildman–Crippen MR) is 76.3 cm³/mol. The second-order valence-electron chi connectivity index (χ2n) is 4.36. The fourth-order valence-corrected chi connectivity index (χ4v) is 1.92. The number of hydrogen-bond acceptors (Lipinski definition) is 5. The zero-order valence-electron chi connectivity index (χ0n) is 11.7. The average molecular weight is 315 g/mol. The molecular formula is C13H15ClN2O5. The van der Waals surface area contributed by atoms with Gasteiger partial charge < -0.3 is 9.64 Å². The third kappa shape index (κ3) is 5.03. The topological polar surface area (TPSA) is 89.8 Å². The lowest BCUT2D eigenvalue weighted by atomic mass is 10.1. The fraction of sp³-hybridized carbons (Fsp3) is 0.385. The Kier molecular flexibility index (Phi) is 6.10. The third-order valence-electron chi connectivity index (χ3n) is 2.79. The van der Waals surface area contributed by atoms with Crippen molar-refractivity contribution >= 4 is 29.2 Å². The molecule has 0 saturated heterocycles. The van der Waals surface area contributed by atoms with Crippen molar-refractivity contribution in [1.29, 1.82) is 0 Å². The number of carbonyl (C=O) groups excluding carboxylic acids is 2. The van der Waals surface area contributed by atoms with Gasteiger partial charge in [0.05, 0.1) is 12.0 Å². The lowest BCUT2D eigenvalue weighted by Crippen LogP contribution is -2.28. The normalized spacial score (nSPS) is 10.0. The molecule has 0 atom stereocenters. The van der Waals surface area contributed by atoms with Crippen molar-refractivity contribution in [3.8, 4) is 0 Å². The number of methoxy groups -OCH3 is 1. The second kappa shape index (κ2) is 7.58. The van der Waals surface area contributed by atoms with Gasteiger partial charge >= 0.3 is 5.97 Å². The van der Waals surface area contributed by atoms with Gasteiger partial charge in [-0.15, -0.1) is 0 Å². The van der Waals surface area contributed by atoms with Gasteiger partial charge in [0.1, 0.15) is 0 Å². The minimum Gasteiger partial charge on any atom is -0.469 e. The van der Waals surface area contributed by atoms with Crippen LogP contribution in [0.2, 0.25) is 5.02 Å². The van der Waals surface area contributed by atoms with E-state index in [0.717, 1.165) is 0 Å². The predicted octanol–water partition coefficient (Wildman–Crippen LogP) is 2.27. The smallest absolute Gasteiger partial charge is 0.305 e. The van der Waals surface area contributed by atoms with Crippen LogP contribution in [0.4, 0.5) is 5.69 Å². The van der Waals surface area contributed by atoms with Gasteiger partial charge in [-0.3, -0.25) is 19.7 Å². The quantitative estimate of drug-likeness (QED) is 0.456. The average Bonchev–Trinajstić information content (AvgIpc) is 2.45. The summed E-state index contributed by atoms with van der Waals surface area (Å²) in [7, 11) is 2.84. The Labute approximate surface area is 126 Å². The number of non-ortho nitro benzene ring substituents is 1. The van der Waals surface area contributed by atoms with E-state index in [1.807, 2.05) is 0 Å². The molecule has 114 valence electrons. The Bertz CT molecular complexity index is 561. The summed E-state index contributed by atoms with van der Waals surface area (Å²) in [6, 6.07) is 3.72. The maximum absolute atomic E-state index is 12.1. The molecule has 0 radical (unpaired) electrons. The molecule has 1 rings (SSSR count). The maximum Gasteiger partial charge on any atom is 0.305 e. The highest BCUT2D eigenvalue weighted by atomic mass is 35.5. The summed E-state index contributed by atoms with van der Waals surface area (Å²) in [6.45, 7) is 0.328. The van der Waals surface area contributed by atoms with E-state index in [1.165, 1.54) is 30.2 Å². The molecule has 0 bridgehead atoms. The molecule has 7 nitrogen and oxygen atoms in total. The lowest BCUT2D eigenvalue weighted by Gasteiger charge is -2.16. The van der Waals surface area contributed by atoms with Gasteiger partial charge in [0.2, 0.25) is 0 Å². The number of nitro groups is 1. The van der Waals surface area contributed by atoms with E-state index in [0.29, 0.717) is 13.0 Å². The van der Waals surface area contributed by atoms with Crippen LogP contribution in [0.15, 0.2) is 18.2 Å². The van der Waals surface area contributed by atoms with Crippen LogP contribution >= 0.6 is 11.6 Å². The number of nitro benzene ring substituents is 1.